The summed E-state index contributed by atoms with van der Waals surface area (Å²) in [6, 6.07) is 21.9. The minimum Gasteiger partial charge on any atom is -0.508 e. The first-order valence-electron chi connectivity index (χ1n) is 8.69. The average Bonchev–Trinajstić information content (AvgIpc) is 2.76. The molecule has 1 N–H and O–H groups in total. The molecule has 0 bridgehead atoms. The van der Waals surface area contributed by atoms with Gasteiger partial charge in [-0.15, -0.1) is 0 Å². The third-order valence-electron chi connectivity index (χ3n) is 3.54. The zero-order valence-electron chi connectivity index (χ0n) is 16.2. The van der Waals surface area contributed by atoms with Crippen molar-refractivity contribution in [2.45, 2.75) is 13.8 Å². The van der Waals surface area contributed by atoms with Crippen LogP contribution in [0.4, 0.5) is 0 Å². The third-order valence-corrected chi connectivity index (χ3v) is 3.54. The predicted octanol–water partition coefficient (Wildman–Crippen LogP) is 5.60. The predicted molar refractivity (Wildman–Crippen MR) is 110 cm³/mol. The fourth-order valence-corrected chi connectivity index (χ4v) is 2.12. The van der Waals surface area contributed by atoms with Crippen LogP contribution in [-0.2, 0) is 0 Å². The molecule has 3 aromatic rings. The van der Waals surface area contributed by atoms with Gasteiger partial charge in [-0.05, 0) is 59.7 Å². The second-order valence-corrected chi connectivity index (χ2v) is 5.17. The van der Waals surface area contributed by atoms with Gasteiger partial charge in [-0.3, -0.25) is 4.79 Å². The summed E-state index contributed by atoms with van der Waals surface area (Å²) in [5, 5.41) is 9.17. The first kappa shape index (κ1) is 21.8. The van der Waals surface area contributed by atoms with Gasteiger partial charge in [0.1, 0.15) is 23.5 Å². The summed E-state index contributed by atoms with van der Waals surface area (Å²) < 4.78 is 9.98. The summed E-state index contributed by atoms with van der Waals surface area (Å²) in [5.74, 6) is 1.90. The van der Waals surface area contributed by atoms with Crippen molar-refractivity contribution in [3.8, 4) is 28.4 Å². The van der Waals surface area contributed by atoms with Crippen LogP contribution in [0.5, 0.6) is 17.2 Å². The second-order valence-electron chi connectivity index (χ2n) is 5.17. The Morgan fingerprint density at radius 2 is 1.04 bits per heavy atom. The molecule has 0 unspecified atom stereocenters. The Morgan fingerprint density at radius 3 is 1.41 bits per heavy atom. The van der Waals surface area contributed by atoms with Crippen LogP contribution in [0.1, 0.15) is 24.2 Å². The Balaban J connectivity index is 0.000000265. The van der Waals surface area contributed by atoms with Gasteiger partial charge in [0.15, 0.2) is 0 Å². The van der Waals surface area contributed by atoms with Gasteiger partial charge in [0.25, 0.3) is 0 Å². The Bertz CT molecular complexity index is 776. The molecule has 4 heteroatoms. The third kappa shape index (κ3) is 7.24. The lowest BCUT2D eigenvalue weighted by atomic mass is 10.1. The van der Waals surface area contributed by atoms with E-state index in [1.165, 1.54) is 0 Å². The number of aldehydes is 1. The van der Waals surface area contributed by atoms with E-state index in [1.807, 2.05) is 50.2 Å². The zero-order chi connectivity index (χ0) is 20.1. The van der Waals surface area contributed by atoms with Gasteiger partial charge < -0.3 is 14.6 Å². The Labute approximate surface area is 161 Å². The molecule has 0 aromatic heterocycles. The van der Waals surface area contributed by atoms with Crippen LogP contribution in [0.15, 0.2) is 72.8 Å². The minimum absolute atomic E-state index is 0.285. The molecule has 0 radical (unpaired) electrons. The van der Waals surface area contributed by atoms with Crippen molar-refractivity contribution in [3.05, 3.63) is 78.4 Å². The van der Waals surface area contributed by atoms with E-state index in [4.69, 9.17) is 14.6 Å². The van der Waals surface area contributed by atoms with E-state index < -0.39 is 0 Å². The summed E-state index contributed by atoms with van der Waals surface area (Å²) in [4.78, 5) is 10.2. The van der Waals surface area contributed by atoms with Crippen LogP contribution in [-0.4, -0.2) is 25.6 Å². The lowest BCUT2D eigenvalue weighted by Gasteiger charge is -2.03. The molecule has 0 aliphatic heterocycles. The first-order chi connectivity index (χ1) is 13.2. The van der Waals surface area contributed by atoms with Crippen molar-refractivity contribution in [3.63, 3.8) is 0 Å². The highest BCUT2D eigenvalue weighted by Gasteiger charge is 1.97. The highest BCUT2D eigenvalue weighted by atomic mass is 16.5. The fraction of sp³-hybridized carbons (Fsp3) is 0.174. The summed E-state index contributed by atoms with van der Waals surface area (Å²) in [5.41, 5.74) is 2.85. The Morgan fingerprint density at radius 1 is 0.667 bits per heavy atom. The quantitative estimate of drug-likeness (QED) is 0.611. The number of methoxy groups -OCH3 is 2. The highest BCUT2D eigenvalue weighted by molar-refractivity contribution is 5.74. The molecule has 0 heterocycles. The summed E-state index contributed by atoms with van der Waals surface area (Å²) >= 11 is 0. The summed E-state index contributed by atoms with van der Waals surface area (Å²) in [7, 11) is 3.24. The molecular formula is C23H26O4. The lowest BCUT2D eigenvalue weighted by Crippen LogP contribution is -1.82. The number of hydrogen-bond donors (Lipinski definition) is 1. The molecule has 0 aliphatic carbocycles. The van der Waals surface area contributed by atoms with E-state index in [-0.39, 0.29) is 5.75 Å². The van der Waals surface area contributed by atoms with Crippen molar-refractivity contribution >= 4 is 6.29 Å². The lowest BCUT2D eigenvalue weighted by molar-refractivity contribution is 0.112. The van der Waals surface area contributed by atoms with Gasteiger partial charge in [-0.1, -0.05) is 38.1 Å². The maximum absolute atomic E-state index is 10.2. The number of hydrogen-bond acceptors (Lipinski definition) is 4. The van der Waals surface area contributed by atoms with Gasteiger partial charge in [0.2, 0.25) is 0 Å². The normalized spacial score (nSPS) is 9.04. The second kappa shape index (κ2) is 12.1. The maximum Gasteiger partial charge on any atom is 0.150 e. The monoisotopic (exact) mass is 366 g/mol. The van der Waals surface area contributed by atoms with E-state index in [0.717, 1.165) is 28.9 Å². The number of carbonyl (C=O) groups excluding carboxylic acids is 1. The van der Waals surface area contributed by atoms with Crippen LogP contribution in [0.25, 0.3) is 11.1 Å². The highest BCUT2D eigenvalue weighted by Crippen LogP contribution is 2.23. The molecular weight excluding hydrogens is 340 g/mol. The molecule has 0 saturated carbocycles. The van der Waals surface area contributed by atoms with Crippen molar-refractivity contribution in [1.82, 2.24) is 0 Å². The number of benzene rings is 3. The van der Waals surface area contributed by atoms with Gasteiger partial charge in [-0.25, -0.2) is 0 Å². The van der Waals surface area contributed by atoms with Crippen LogP contribution in [0.3, 0.4) is 0 Å². The molecule has 27 heavy (non-hydrogen) atoms. The topological polar surface area (TPSA) is 55.8 Å². The number of rotatable bonds is 4. The zero-order valence-corrected chi connectivity index (χ0v) is 16.2. The van der Waals surface area contributed by atoms with E-state index >= 15 is 0 Å². The summed E-state index contributed by atoms with van der Waals surface area (Å²) in [6.07, 6.45) is 0.805. The number of ether oxygens (including phenoxy) is 2. The molecule has 3 aromatic carbocycles. The van der Waals surface area contributed by atoms with Crippen LogP contribution in [0.2, 0.25) is 0 Å². The van der Waals surface area contributed by atoms with E-state index in [9.17, 15) is 4.79 Å². The SMILES string of the molecule is CC.COc1ccc(-c2ccc(O)cc2)cc1.COc1ccc(C=O)cc1. The van der Waals surface area contributed by atoms with E-state index in [0.29, 0.717) is 5.56 Å². The van der Waals surface area contributed by atoms with Gasteiger partial charge in [0.05, 0.1) is 14.2 Å². The average molecular weight is 366 g/mol. The molecule has 0 atom stereocenters. The number of carbonyl (C=O) groups is 1. The van der Waals surface area contributed by atoms with Crippen molar-refractivity contribution < 1.29 is 19.4 Å². The molecule has 4 nitrogen and oxygen atoms in total. The fourth-order valence-electron chi connectivity index (χ4n) is 2.12. The first-order valence-corrected chi connectivity index (χ1v) is 8.69. The molecule has 0 spiro atoms. The maximum atomic E-state index is 10.2. The molecule has 3 rings (SSSR count). The van der Waals surface area contributed by atoms with Gasteiger partial charge >= 0.3 is 0 Å². The van der Waals surface area contributed by atoms with Gasteiger partial charge in [-0.2, -0.15) is 0 Å². The molecule has 0 aliphatic rings. The standard InChI is InChI=1S/C13H12O2.C8H8O2.C2H6/c1-15-13-8-4-11(5-9-13)10-2-6-12(14)7-3-10;1-10-8-4-2-7(6-9)3-5-8;1-2/h2-9,14H,1H3;2-6H,1H3;1-2H3. The smallest absolute Gasteiger partial charge is 0.150 e. The van der Waals surface area contributed by atoms with E-state index in [2.05, 4.69) is 0 Å². The van der Waals surface area contributed by atoms with Gasteiger partial charge in [0, 0.05) is 5.56 Å². The van der Waals surface area contributed by atoms with E-state index in [1.54, 1.807) is 50.6 Å². The summed E-state index contributed by atoms with van der Waals surface area (Å²) in [6.45, 7) is 4.00. The van der Waals surface area contributed by atoms with Crippen LogP contribution < -0.4 is 9.47 Å². The number of aromatic hydroxyl groups is 1. The van der Waals surface area contributed by atoms with Crippen LogP contribution in [0, 0.1) is 0 Å². The largest absolute Gasteiger partial charge is 0.508 e. The molecule has 0 amide bonds. The van der Waals surface area contributed by atoms with Crippen molar-refractivity contribution in [2.75, 3.05) is 14.2 Å². The number of phenolic OH excluding ortho intramolecular Hbond substituents is 1. The van der Waals surface area contributed by atoms with Crippen LogP contribution >= 0.6 is 0 Å². The molecule has 0 saturated heterocycles. The Hall–Kier alpha value is -3.27. The molecule has 142 valence electrons. The number of phenols is 1. The van der Waals surface area contributed by atoms with Crippen molar-refractivity contribution in [1.29, 1.82) is 0 Å². The minimum atomic E-state index is 0.285. The van der Waals surface area contributed by atoms with Crippen molar-refractivity contribution in [2.24, 2.45) is 0 Å². The molecule has 0 fully saturated rings. The Kier molecular flexibility index (Phi) is 9.79.